The fourth-order valence-electron chi connectivity index (χ4n) is 6.57. The molecule has 3 saturated carbocycles. The van der Waals surface area contributed by atoms with Crippen LogP contribution in [0.25, 0.3) is 10.8 Å². The van der Waals surface area contributed by atoms with Crippen molar-refractivity contribution in [3.05, 3.63) is 41.5 Å². The van der Waals surface area contributed by atoms with E-state index in [0.717, 1.165) is 18.4 Å². The SMILES string of the molecule is O=C(O)C12CCC(NCc3ccc4c(C(F)(F)F)c(O[C@H]5CC[C@@H](C(F)(F)F)CC5)ccc4c3)(CC1)C2. The number of rotatable bonds is 6. The fraction of sp³-hybridized carbons (Fsp3) is 0.593. The molecule has 0 amide bonds. The van der Waals surface area contributed by atoms with Gasteiger partial charge in [0.2, 0.25) is 0 Å². The second kappa shape index (κ2) is 9.06. The molecule has 37 heavy (non-hydrogen) atoms. The van der Waals surface area contributed by atoms with E-state index in [9.17, 15) is 36.2 Å². The van der Waals surface area contributed by atoms with Crippen molar-refractivity contribution in [2.24, 2.45) is 11.3 Å². The summed E-state index contributed by atoms with van der Waals surface area (Å²) in [5.74, 6) is -2.56. The first-order valence-corrected chi connectivity index (χ1v) is 12.7. The summed E-state index contributed by atoms with van der Waals surface area (Å²) in [5, 5.41) is 13.4. The maximum atomic E-state index is 14.1. The highest BCUT2D eigenvalue weighted by molar-refractivity contribution is 5.89. The first kappa shape index (κ1) is 26.1. The summed E-state index contributed by atoms with van der Waals surface area (Å²) >= 11 is 0. The van der Waals surface area contributed by atoms with Gasteiger partial charge in [0.25, 0.3) is 0 Å². The lowest BCUT2D eigenvalue weighted by Gasteiger charge is -2.31. The topological polar surface area (TPSA) is 58.6 Å². The summed E-state index contributed by atoms with van der Waals surface area (Å²) in [5.41, 5.74) is -1.05. The minimum Gasteiger partial charge on any atom is -0.490 e. The van der Waals surface area contributed by atoms with Gasteiger partial charge in [0.05, 0.1) is 17.4 Å². The third kappa shape index (κ3) is 5.01. The molecule has 10 heteroatoms. The van der Waals surface area contributed by atoms with E-state index in [1.54, 1.807) is 18.2 Å². The normalized spacial score (nSPS) is 30.1. The van der Waals surface area contributed by atoms with Crippen molar-refractivity contribution in [3.63, 3.8) is 0 Å². The van der Waals surface area contributed by atoms with E-state index in [2.05, 4.69) is 5.32 Å². The molecule has 0 saturated heterocycles. The molecule has 0 aromatic heterocycles. The van der Waals surface area contributed by atoms with Gasteiger partial charge in [0, 0.05) is 12.1 Å². The largest absolute Gasteiger partial charge is 0.490 e. The average molecular weight is 530 g/mol. The van der Waals surface area contributed by atoms with Crippen molar-refractivity contribution < 1.29 is 41.0 Å². The van der Waals surface area contributed by atoms with Crippen LogP contribution < -0.4 is 10.1 Å². The molecule has 0 unspecified atom stereocenters. The van der Waals surface area contributed by atoms with E-state index < -0.39 is 41.3 Å². The van der Waals surface area contributed by atoms with Gasteiger partial charge in [-0.25, -0.2) is 0 Å². The van der Waals surface area contributed by atoms with E-state index in [1.807, 2.05) is 0 Å². The maximum Gasteiger partial charge on any atom is 0.420 e. The van der Waals surface area contributed by atoms with Gasteiger partial charge in [0.1, 0.15) is 11.3 Å². The first-order valence-electron chi connectivity index (χ1n) is 12.7. The van der Waals surface area contributed by atoms with Gasteiger partial charge < -0.3 is 15.2 Å². The molecular formula is C27H29F6NO3. The van der Waals surface area contributed by atoms with Gasteiger partial charge in [-0.05, 0) is 86.3 Å². The highest BCUT2D eigenvalue weighted by Gasteiger charge is 2.58. The quantitative estimate of drug-likeness (QED) is 0.388. The maximum absolute atomic E-state index is 14.1. The molecular weight excluding hydrogens is 500 g/mol. The fourth-order valence-corrected chi connectivity index (χ4v) is 6.57. The standard InChI is InChI=1S/C27H29F6NO3/c28-26(29,30)18-3-5-19(6-4-18)37-21-8-2-17-13-16(1-7-20(17)22(21)27(31,32)33)14-34-25-11-9-24(15-25,10-12-25)23(35)36/h1-2,7-8,13,18-19,34H,3-6,9-12,14-15H2,(H,35,36)/t18-,19+,24?,25?. The zero-order chi connectivity index (χ0) is 26.6. The van der Waals surface area contributed by atoms with Gasteiger partial charge >= 0.3 is 18.3 Å². The molecule has 0 atom stereocenters. The minimum atomic E-state index is -4.70. The smallest absolute Gasteiger partial charge is 0.420 e. The van der Waals surface area contributed by atoms with Gasteiger partial charge in [-0.15, -0.1) is 0 Å². The lowest BCUT2D eigenvalue weighted by molar-refractivity contribution is -0.185. The highest BCUT2D eigenvalue weighted by Crippen LogP contribution is 2.56. The molecule has 3 aliphatic carbocycles. The highest BCUT2D eigenvalue weighted by atomic mass is 19.4. The molecule has 0 aliphatic heterocycles. The number of ether oxygens (including phenoxy) is 1. The molecule has 3 fully saturated rings. The number of hydrogen-bond acceptors (Lipinski definition) is 3. The Balaban J connectivity index is 1.32. The lowest BCUT2D eigenvalue weighted by atomic mass is 9.84. The second-order valence-corrected chi connectivity index (χ2v) is 11.0. The van der Waals surface area contributed by atoms with Crippen LogP contribution in [0.1, 0.15) is 68.9 Å². The molecule has 2 aromatic carbocycles. The Kier molecular flexibility index (Phi) is 6.40. The first-order chi connectivity index (χ1) is 17.3. The third-order valence-corrected chi connectivity index (χ3v) is 8.72. The van der Waals surface area contributed by atoms with Crippen LogP contribution in [0.3, 0.4) is 0 Å². The summed E-state index contributed by atoms with van der Waals surface area (Å²) in [6, 6.07) is 7.51. The lowest BCUT2D eigenvalue weighted by Crippen LogP contribution is -2.40. The van der Waals surface area contributed by atoms with Crippen molar-refractivity contribution in [1.29, 1.82) is 0 Å². The minimum absolute atomic E-state index is 0.0254. The monoisotopic (exact) mass is 529 g/mol. The van der Waals surface area contributed by atoms with Crippen LogP contribution in [-0.2, 0) is 17.5 Å². The van der Waals surface area contributed by atoms with E-state index >= 15 is 0 Å². The number of alkyl halides is 6. The summed E-state index contributed by atoms with van der Waals surface area (Å²) in [4.78, 5) is 11.7. The van der Waals surface area contributed by atoms with Crippen LogP contribution in [0.4, 0.5) is 26.3 Å². The van der Waals surface area contributed by atoms with Crippen LogP contribution in [-0.4, -0.2) is 28.9 Å². The van der Waals surface area contributed by atoms with Gasteiger partial charge in [-0.1, -0.05) is 18.2 Å². The zero-order valence-electron chi connectivity index (χ0n) is 20.1. The molecule has 2 N–H and O–H groups in total. The molecule has 0 heterocycles. The average Bonchev–Trinajstić information content (AvgIpc) is 3.40. The van der Waals surface area contributed by atoms with Crippen molar-refractivity contribution in [1.82, 2.24) is 5.32 Å². The molecule has 2 aromatic rings. The van der Waals surface area contributed by atoms with Crippen LogP contribution in [0.15, 0.2) is 30.3 Å². The molecule has 4 nitrogen and oxygen atoms in total. The molecule has 3 aliphatic rings. The second-order valence-electron chi connectivity index (χ2n) is 11.0. The van der Waals surface area contributed by atoms with E-state index in [4.69, 9.17) is 4.74 Å². The van der Waals surface area contributed by atoms with Crippen molar-refractivity contribution in [2.45, 2.75) is 88.3 Å². The van der Waals surface area contributed by atoms with E-state index in [1.165, 1.54) is 12.1 Å². The van der Waals surface area contributed by atoms with Gasteiger partial charge in [0.15, 0.2) is 0 Å². The number of hydrogen-bond donors (Lipinski definition) is 2. The summed E-state index contributed by atoms with van der Waals surface area (Å²) in [6.45, 7) is 0.410. The summed E-state index contributed by atoms with van der Waals surface area (Å²) in [6.07, 6.45) is -6.58. The Hall–Kier alpha value is -2.49. The van der Waals surface area contributed by atoms with Crippen LogP contribution >= 0.6 is 0 Å². The number of fused-ring (bicyclic) bond motifs is 3. The van der Waals surface area contributed by atoms with Crippen LogP contribution in [0.2, 0.25) is 0 Å². The van der Waals surface area contributed by atoms with Crippen molar-refractivity contribution in [3.8, 4) is 5.75 Å². The van der Waals surface area contributed by atoms with Crippen molar-refractivity contribution in [2.75, 3.05) is 0 Å². The Morgan fingerprint density at radius 2 is 1.65 bits per heavy atom. The number of nitrogens with one attached hydrogen (secondary N) is 1. The molecule has 2 bridgehead atoms. The van der Waals surface area contributed by atoms with Crippen molar-refractivity contribution >= 4 is 16.7 Å². The Morgan fingerprint density at radius 3 is 2.22 bits per heavy atom. The predicted octanol–water partition coefficient (Wildman–Crippen LogP) is 7.24. The number of carboxylic acids is 1. The number of carboxylic acid groups (broad SMARTS) is 1. The Morgan fingerprint density at radius 1 is 0.973 bits per heavy atom. The van der Waals surface area contributed by atoms with E-state index in [-0.39, 0.29) is 42.4 Å². The number of benzene rings is 2. The van der Waals surface area contributed by atoms with Crippen LogP contribution in [0, 0.1) is 11.3 Å². The number of halogens is 6. The Labute approximate surface area is 210 Å². The zero-order valence-corrected chi connectivity index (χ0v) is 20.1. The van der Waals surface area contributed by atoms with Gasteiger partial charge in [-0.3, -0.25) is 4.79 Å². The number of aliphatic carboxylic acids is 1. The Bertz CT molecular complexity index is 1180. The summed E-state index contributed by atoms with van der Waals surface area (Å²) < 4.78 is 86.8. The molecule has 0 radical (unpaired) electrons. The van der Waals surface area contributed by atoms with E-state index in [0.29, 0.717) is 31.2 Å². The predicted molar refractivity (Wildman–Crippen MR) is 124 cm³/mol. The number of carbonyl (C=O) groups is 1. The molecule has 5 rings (SSSR count). The summed E-state index contributed by atoms with van der Waals surface area (Å²) in [7, 11) is 0. The third-order valence-electron chi connectivity index (χ3n) is 8.72. The molecule has 0 spiro atoms. The van der Waals surface area contributed by atoms with Gasteiger partial charge in [-0.2, -0.15) is 26.3 Å². The molecule has 202 valence electrons. The van der Waals surface area contributed by atoms with Crippen LogP contribution in [0.5, 0.6) is 5.75 Å².